The molecule has 0 unspecified atom stereocenters. The fraction of sp³-hybridized carbons (Fsp3) is 0.519. The highest BCUT2D eigenvalue weighted by atomic mass is 28.4. The van der Waals surface area contributed by atoms with Crippen LogP contribution in [-0.2, 0) is 14.3 Å². The van der Waals surface area contributed by atoms with Gasteiger partial charge in [-0.3, -0.25) is 0 Å². The minimum atomic E-state index is -2.08. The Labute approximate surface area is 198 Å². The highest BCUT2D eigenvalue weighted by molar-refractivity contribution is 6.74. The lowest BCUT2D eigenvalue weighted by molar-refractivity contribution is 0.0239. The monoisotopic (exact) mass is 467 g/mol. The van der Waals surface area contributed by atoms with Crippen LogP contribution in [0.5, 0.6) is 0 Å². The van der Waals surface area contributed by atoms with E-state index in [1.54, 1.807) is 0 Å². The second kappa shape index (κ2) is 9.64. The zero-order valence-electron chi connectivity index (χ0n) is 21.6. The molecule has 0 spiro atoms. The van der Waals surface area contributed by atoms with Gasteiger partial charge >= 0.3 is 0 Å². The van der Waals surface area contributed by atoms with Crippen molar-refractivity contribution in [2.24, 2.45) is 0 Å². The fourth-order valence-corrected chi connectivity index (χ4v) is 6.44. The van der Waals surface area contributed by atoms with E-state index in [4.69, 9.17) is 8.85 Å². The van der Waals surface area contributed by atoms with Crippen LogP contribution in [0.4, 0.5) is 0 Å². The van der Waals surface area contributed by atoms with E-state index in [9.17, 15) is 5.26 Å². The molecule has 0 bridgehead atoms. The lowest BCUT2D eigenvalue weighted by Gasteiger charge is -2.46. The molecule has 5 heteroatoms. The van der Waals surface area contributed by atoms with Gasteiger partial charge in [-0.2, -0.15) is 5.26 Å². The predicted octanol–water partition coefficient (Wildman–Crippen LogP) is 7.44. The first kappa shape index (κ1) is 26.5. The van der Waals surface area contributed by atoms with Gasteiger partial charge in [0.2, 0.25) is 0 Å². The van der Waals surface area contributed by atoms with Gasteiger partial charge in [-0.1, -0.05) is 80.9 Å². The van der Waals surface area contributed by atoms with Crippen molar-refractivity contribution in [2.75, 3.05) is 0 Å². The molecule has 3 atom stereocenters. The number of hydrogen-bond donors (Lipinski definition) is 0. The first-order valence-electron chi connectivity index (χ1n) is 11.5. The lowest BCUT2D eigenvalue weighted by Crippen LogP contribution is -2.56. The summed E-state index contributed by atoms with van der Waals surface area (Å²) in [6.07, 6.45) is -0.680. The number of aryl methyl sites for hydroxylation is 1. The molecule has 0 fully saturated rings. The van der Waals surface area contributed by atoms with E-state index in [1.165, 1.54) is 0 Å². The minimum absolute atomic E-state index is 0.0658. The smallest absolute Gasteiger partial charge is 0.192 e. The van der Waals surface area contributed by atoms with Gasteiger partial charge in [-0.15, -0.1) is 0 Å². The molecule has 0 aliphatic rings. The van der Waals surface area contributed by atoms with Gasteiger partial charge in [0.1, 0.15) is 5.41 Å². The summed E-state index contributed by atoms with van der Waals surface area (Å²) < 4.78 is 13.8. The highest BCUT2D eigenvalue weighted by Gasteiger charge is 2.50. The van der Waals surface area contributed by atoms with Gasteiger partial charge in [-0.25, -0.2) is 0 Å². The van der Waals surface area contributed by atoms with E-state index < -0.39 is 28.2 Å². The SMILES string of the molecule is Cc1cccc([C@](C#N)(c2ccccc2)[C@H](O[Si](C)(C)C)[C@H](C)O[Si](C)(C)C(C)(C)C)c1. The Kier molecular flexibility index (Phi) is 8.00. The molecule has 0 saturated carbocycles. The van der Waals surface area contributed by atoms with E-state index in [1.807, 2.05) is 36.4 Å². The van der Waals surface area contributed by atoms with Crippen LogP contribution in [0.3, 0.4) is 0 Å². The van der Waals surface area contributed by atoms with Crippen LogP contribution in [0.15, 0.2) is 54.6 Å². The summed E-state index contributed by atoms with van der Waals surface area (Å²) in [5, 5.41) is 11.0. The maximum absolute atomic E-state index is 10.9. The van der Waals surface area contributed by atoms with Crippen molar-refractivity contribution in [3.8, 4) is 6.07 Å². The molecule has 0 aromatic heterocycles. The second-order valence-electron chi connectivity index (χ2n) is 11.4. The van der Waals surface area contributed by atoms with Gasteiger partial charge in [0.15, 0.2) is 16.6 Å². The van der Waals surface area contributed by atoms with Crippen molar-refractivity contribution < 1.29 is 8.85 Å². The largest absolute Gasteiger partial charge is 0.412 e. The van der Waals surface area contributed by atoms with E-state index >= 15 is 0 Å². The van der Waals surface area contributed by atoms with Crippen LogP contribution in [0.25, 0.3) is 0 Å². The third kappa shape index (κ3) is 5.79. The van der Waals surface area contributed by atoms with E-state index in [-0.39, 0.29) is 11.1 Å². The van der Waals surface area contributed by atoms with Crippen molar-refractivity contribution in [2.45, 2.75) is 90.0 Å². The van der Waals surface area contributed by atoms with Crippen molar-refractivity contribution in [1.29, 1.82) is 5.26 Å². The quantitative estimate of drug-likeness (QED) is 0.379. The van der Waals surface area contributed by atoms with Gasteiger partial charge in [0.05, 0.1) is 18.3 Å². The second-order valence-corrected chi connectivity index (χ2v) is 20.6. The summed E-state index contributed by atoms with van der Waals surface area (Å²) in [6, 6.07) is 21.1. The first-order valence-corrected chi connectivity index (χ1v) is 17.9. The molecule has 2 aromatic carbocycles. The Morgan fingerprint density at radius 2 is 1.41 bits per heavy atom. The van der Waals surface area contributed by atoms with Crippen LogP contribution in [-0.4, -0.2) is 28.8 Å². The maximum atomic E-state index is 10.9. The Morgan fingerprint density at radius 1 is 0.844 bits per heavy atom. The molecule has 2 aromatic rings. The molecule has 0 amide bonds. The van der Waals surface area contributed by atoms with Crippen LogP contribution >= 0.6 is 0 Å². The van der Waals surface area contributed by atoms with Crippen molar-refractivity contribution >= 4 is 16.6 Å². The van der Waals surface area contributed by atoms with Crippen LogP contribution in [0.1, 0.15) is 44.4 Å². The average Bonchev–Trinajstić information content (AvgIpc) is 2.67. The molecule has 2 rings (SSSR count). The van der Waals surface area contributed by atoms with Gasteiger partial charge < -0.3 is 8.85 Å². The third-order valence-electron chi connectivity index (χ3n) is 6.50. The summed E-state index contributed by atoms with van der Waals surface area (Å²) in [4.78, 5) is 0. The van der Waals surface area contributed by atoms with Crippen LogP contribution < -0.4 is 0 Å². The number of nitrogens with zero attached hydrogens (tertiary/aromatic N) is 1. The average molecular weight is 468 g/mol. The predicted molar refractivity (Wildman–Crippen MR) is 140 cm³/mol. The lowest BCUT2D eigenvalue weighted by atomic mass is 9.70. The van der Waals surface area contributed by atoms with Gasteiger partial charge in [0.25, 0.3) is 0 Å². The molecule has 0 saturated heterocycles. The highest BCUT2D eigenvalue weighted by Crippen LogP contribution is 2.43. The van der Waals surface area contributed by atoms with Gasteiger partial charge in [-0.05, 0) is 62.7 Å². The Balaban J connectivity index is 2.77. The summed E-state index contributed by atoms with van der Waals surface area (Å²) in [7, 11) is -4.11. The molecule has 0 radical (unpaired) electrons. The summed E-state index contributed by atoms with van der Waals surface area (Å²) in [5.41, 5.74) is 2.06. The zero-order valence-corrected chi connectivity index (χ0v) is 23.6. The third-order valence-corrected chi connectivity index (χ3v) is 12.0. The Morgan fingerprint density at radius 3 is 1.88 bits per heavy atom. The van der Waals surface area contributed by atoms with E-state index in [2.05, 4.69) is 91.6 Å². The van der Waals surface area contributed by atoms with Crippen molar-refractivity contribution in [3.63, 3.8) is 0 Å². The number of hydrogen-bond acceptors (Lipinski definition) is 3. The summed E-state index contributed by atoms with van der Waals surface area (Å²) in [5.74, 6) is 0. The summed E-state index contributed by atoms with van der Waals surface area (Å²) >= 11 is 0. The van der Waals surface area contributed by atoms with Crippen LogP contribution in [0.2, 0.25) is 37.8 Å². The Hall–Kier alpha value is -1.72. The topological polar surface area (TPSA) is 42.2 Å². The molecule has 0 N–H and O–H groups in total. The fourth-order valence-electron chi connectivity index (χ4n) is 3.90. The molecule has 174 valence electrons. The molecule has 0 aliphatic carbocycles. The van der Waals surface area contributed by atoms with Crippen molar-refractivity contribution in [3.05, 3.63) is 71.3 Å². The van der Waals surface area contributed by atoms with Gasteiger partial charge in [0, 0.05) is 0 Å². The molecule has 0 heterocycles. The minimum Gasteiger partial charge on any atom is -0.412 e. The Bertz CT molecular complexity index is 939. The zero-order chi connectivity index (χ0) is 24.4. The molecule has 0 aliphatic heterocycles. The maximum Gasteiger partial charge on any atom is 0.192 e. The van der Waals surface area contributed by atoms with E-state index in [0.717, 1.165) is 16.7 Å². The standard InChI is InChI=1S/C27H41NO2Si2/c1-21-15-14-18-24(19-21)27(20-28,23-16-12-11-13-17-23)25(30-31(6,7)8)22(2)29-32(9,10)26(3,4)5/h11-19,22,25H,1-10H3/t22-,25+,27-/m0/s1. The number of nitriles is 1. The number of benzene rings is 2. The molecule has 32 heavy (non-hydrogen) atoms. The molecular formula is C27H41NO2Si2. The normalized spacial score (nSPS) is 16.7. The molecule has 3 nitrogen and oxygen atoms in total. The van der Waals surface area contributed by atoms with E-state index in [0.29, 0.717) is 0 Å². The first-order chi connectivity index (χ1) is 14.6. The molecular weight excluding hydrogens is 426 g/mol. The van der Waals surface area contributed by atoms with Crippen molar-refractivity contribution in [1.82, 2.24) is 0 Å². The summed E-state index contributed by atoms with van der Waals surface area (Å²) in [6.45, 7) is 22.0. The number of rotatable bonds is 8. The van der Waals surface area contributed by atoms with Crippen LogP contribution in [0, 0.1) is 18.3 Å².